The number of aromatic nitrogens is 3. The molecule has 4 unspecified atom stereocenters. The Morgan fingerprint density at radius 1 is 0.345 bits per heavy atom. The minimum atomic E-state index is -3.04. The van der Waals surface area contributed by atoms with E-state index in [4.69, 9.17) is 49.1 Å². The lowest BCUT2D eigenvalue weighted by Crippen LogP contribution is -2.75. The largest absolute Gasteiger partial charge is 0.457 e. The Labute approximate surface area is 880 Å². The van der Waals surface area contributed by atoms with E-state index >= 15 is 0 Å². The SMILES string of the molecule is CC1(C)c2ccccc2Oc2c1cccc2[Si](c1ccccc1)(c1ccccc1)c1cccc(-n2c3ccccc3n3c4ccccc4nc23)c1.[2H]C([2H])([2H])c1cc(N2C3=NC4C=CC=CC4N3c3ccccc32)ccc1-c1cc(C([2H])([2H])[2H])c(-c2cccc3c2Oc2ccccc2[Si]3(C)C)cc1C([2H])([2H])[2H].[2H]C([2H])([2H])c1cc(N2C3=NC4C=CC=CC4N3c3ccccc32)ccc1-c1cc(C([2H])([2H])[2H])c(-c2cccc3c2Sc2ccccc2[Si]3(C)C)cc1C([2H])([2H])[2H]. The molecule has 704 valence electrons. The highest BCUT2D eigenvalue weighted by molar-refractivity contribution is 8.00. The Kier molecular flexibility index (Phi) is 17.0. The van der Waals surface area contributed by atoms with Crippen LogP contribution in [0, 0.1) is 41.1 Å². The maximum absolute atomic E-state index is 8.76. The molecule has 145 heavy (non-hydrogen) atoms. The van der Waals surface area contributed by atoms with Gasteiger partial charge in [0.15, 0.2) is 8.07 Å². The van der Waals surface area contributed by atoms with Crippen LogP contribution in [0.15, 0.2) is 438 Å². The smallest absolute Gasteiger partial charge is 0.220 e. The first kappa shape index (κ1) is 71.5. The van der Waals surface area contributed by atoms with Crippen LogP contribution in [0.5, 0.6) is 23.0 Å². The van der Waals surface area contributed by atoms with E-state index in [2.05, 4.69) is 271 Å². The van der Waals surface area contributed by atoms with Crippen molar-refractivity contribution >= 4 is 151 Å². The van der Waals surface area contributed by atoms with Gasteiger partial charge in [0.1, 0.15) is 39.1 Å². The van der Waals surface area contributed by atoms with Gasteiger partial charge in [-0.15, -0.1) is 0 Å². The summed E-state index contributed by atoms with van der Waals surface area (Å²) in [6, 6.07) is 122. The number of hydrogen-bond acceptors (Lipinski definition) is 10. The number of anilines is 6. The average Bonchev–Trinajstić information content (AvgIpc) is 1.68. The summed E-state index contributed by atoms with van der Waals surface area (Å²) in [6.07, 6.45) is 16.2. The average molecular weight is 1960 g/mol. The first-order valence-electron chi connectivity index (χ1n) is 58.2. The molecule has 9 aliphatic rings. The zero-order valence-corrected chi connectivity index (χ0v) is 84.2. The van der Waals surface area contributed by atoms with E-state index in [9.17, 15) is 0 Å². The maximum Gasteiger partial charge on any atom is 0.220 e. The van der Waals surface area contributed by atoms with Gasteiger partial charge in [-0.05, 0) is 258 Å². The van der Waals surface area contributed by atoms with E-state index in [0.717, 1.165) is 93.1 Å². The molecule has 0 N–H and O–H groups in total. The lowest BCUT2D eigenvalue weighted by Gasteiger charge is -2.40. The number of imidazole rings is 2. The highest BCUT2D eigenvalue weighted by atomic mass is 32.2. The van der Waals surface area contributed by atoms with Crippen molar-refractivity contribution in [3.8, 4) is 73.2 Å². The van der Waals surface area contributed by atoms with Gasteiger partial charge in [-0.3, -0.25) is 18.8 Å². The molecular weight excluding hydrogens is 1840 g/mol. The summed E-state index contributed by atoms with van der Waals surface area (Å²) in [5.41, 5.74) is 13.5. The van der Waals surface area contributed by atoms with Crippen LogP contribution < -0.4 is 70.6 Å². The monoisotopic (exact) mass is 1960 g/mol. The third-order valence-electron chi connectivity index (χ3n) is 30.7. The fourth-order valence-electron chi connectivity index (χ4n) is 23.7. The molecule has 2 aromatic heterocycles. The Balaban J connectivity index is 0.000000121. The van der Waals surface area contributed by atoms with Crippen molar-refractivity contribution < 1.29 is 34.1 Å². The fourth-order valence-corrected chi connectivity index (χ4v) is 37.0. The van der Waals surface area contributed by atoms with E-state index in [0.29, 0.717) is 51.5 Å². The molecule has 0 saturated heterocycles. The highest BCUT2D eigenvalue weighted by Gasteiger charge is 2.51. The zero-order valence-electron chi connectivity index (χ0n) is 98.4. The van der Waals surface area contributed by atoms with Crippen LogP contribution >= 0.6 is 11.8 Å². The second kappa shape index (κ2) is 34.5. The normalized spacial score (nSPS) is 19.8. The molecule has 19 aromatic rings. The van der Waals surface area contributed by atoms with Crippen molar-refractivity contribution in [3.05, 3.63) is 463 Å². The number of rotatable bonds is 11. The lowest BCUT2D eigenvalue weighted by molar-refractivity contribution is 0.421. The van der Waals surface area contributed by atoms with E-state index in [1.54, 1.807) is 54.2 Å². The van der Waals surface area contributed by atoms with Gasteiger partial charge in [0, 0.05) is 73.6 Å². The molecule has 0 bridgehead atoms. The molecule has 17 aromatic carbocycles. The lowest BCUT2D eigenvalue weighted by atomic mass is 9.76. The van der Waals surface area contributed by atoms with Crippen LogP contribution in [-0.2, 0) is 5.41 Å². The minimum Gasteiger partial charge on any atom is -0.457 e. The quantitative estimate of drug-likeness (QED) is 0.0936. The molecule has 28 rings (SSSR count). The summed E-state index contributed by atoms with van der Waals surface area (Å²) >= 11 is 1.58. The van der Waals surface area contributed by atoms with Crippen molar-refractivity contribution in [2.45, 2.75) is 121 Å². The van der Waals surface area contributed by atoms with Crippen LogP contribution in [0.1, 0.15) is 83.0 Å². The highest BCUT2D eigenvalue weighted by Crippen LogP contribution is 2.54. The van der Waals surface area contributed by atoms with Gasteiger partial charge in [-0.25, -0.2) is 15.0 Å². The van der Waals surface area contributed by atoms with E-state index in [1.165, 1.54) is 61.3 Å². The van der Waals surface area contributed by atoms with Crippen LogP contribution in [-0.4, -0.2) is 74.3 Å². The molecule has 11 nitrogen and oxygen atoms in total. The maximum atomic E-state index is 8.76. The fraction of sp³-hybridized carbons (Fsp3) is 0.131. The molecule has 2 aliphatic carbocycles. The summed E-state index contributed by atoms with van der Waals surface area (Å²) < 4.78 is 176. The van der Waals surface area contributed by atoms with Crippen LogP contribution in [0.2, 0.25) is 26.2 Å². The first-order chi connectivity index (χ1) is 77.9. The molecule has 9 heterocycles. The summed E-state index contributed by atoms with van der Waals surface area (Å²) in [4.78, 5) is 25.5. The molecule has 0 radical (unpaired) electrons. The number of hydrogen-bond donors (Lipinski definition) is 0. The van der Waals surface area contributed by atoms with Gasteiger partial charge in [-0.2, -0.15) is 0 Å². The van der Waals surface area contributed by atoms with Crippen molar-refractivity contribution in [1.29, 1.82) is 0 Å². The van der Waals surface area contributed by atoms with Gasteiger partial charge < -0.3 is 19.3 Å². The van der Waals surface area contributed by atoms with E-state index in [-0.39, 0.29) is 90.8 Å². The molecule has 4 atom stereocenters. The van der Waals surface area contributed by atoms with Gasteiger partial charge in [-0.1, -0.05) is 367 Å². The van der Waals surface area contributed by atoms with E-state index in [1.807, 2.05) is 149 Å². The minimum absolute atomic E-state index is 0.0197. The summed E-state index contributed by atoms with van der Waals surface area (Å²) in [5.74, 6) is 5.31. The predicted molar refractivity (Wildman–Crippen MR) is 614 cm³/mol. The number of benzene rings is 17. The summed E-state index contributed by atoms with van der Waals surface area (Å²) in [6.45, 7) is -2.62. The van der Waals surface area contributed by atoms with Crippen molar-refractivity contribution in [2.24, 2.45) is 9.98 Å². The predicted octanol–water partition coefficient (Wildman–Crippen LogP) is 26.7. The molecule has 0 saturated carbocycles. The number of ether oxygens (including phenoxy) is 2. The number of aryl methyl sites for hydroxylation is 6. The van der Waals surface area contributed by atoms with Gasteiger partial charge >= 0.3 is 0 Å². The number of guanidine groups is 2. The molecule has 0 spiro atoms. The number of aliphatic imine (C=N–C) groups is 2. The topological polar surface area (TPSA) is 78.4 Å². The standard InChI is InChI=1S/C46H35N3OSi.C42H37N3OSi.C42H37N3SSi/c1-46(2)36-23-9-14-29-42(36)50-44-37(46)24-16-30-43(44)51(33-18-5-3-6-19-33,34-20-7-4-8-21-34)35-22-15-17-32(31-35)48-40-27-12-13-28-41(40)49-39-26-11-10-25-38(39)47-45(48)49;2*1-26-23-29(44-36-16-8-9-17-37(36)45-35-15-7-6-14-34(35)43-42(44)45)21-22-30(26)32-24-28(3)33(25-27(32)2)31-13-12-20-40-41(31)46-38-18-10-11-19-39(38)47(40,4)5/h3-31H,1-2H3;2*6-25,34-35H,1-5H3/i;2*1D3,2D3,3D3. The number of allylic oxidation sites excluding steroid dienone is 4. The van der Waals surface area contributed by atoms with Crippen molar-refractivity contribution in [3.63, 3.8) is 0 Å². The van der Waals surface area contributed by atoms with Gasteiger partial charge in [0.05, 0.1) is 69.0 Å². The van der Waals surface area contributed by atoms with Crippen molar-refractivity contribution in [2.75, 3.05) is 19.6 Å². The first-order valence-corrected chi connectivity index (χ1v) is 58.0. The Hall–Kier alpha value is -15.9. The Morgan fingerprint density at radius 3 is 1.42 bits per heavy atom. The zero-order chi connectivity index (χ0) is 113. The third-order valence-corrected chi connectivity index (χ3v) is 44.1. The van der Waals surface area contributed by atoms with Crippen LogP contribution in [0.25, 0.3) is 78.0 Å². The van der Waals surface area contributed by atoms with E-state index < -0.39 is 65.3 Å². The molecule has 0 fully saturated rings. The van der Waals surface area contributed by atoms with Crippen LogP contribution in [0.4, 0.5) is 34.1 Å². The van der Waals surface area contributed by atoms with Gasteiger partial charge in [0.2, 0.25) is 17.7 Å². The second-order valence-electron chi connectivity index (χ2n) is 39.9. The van der Waals surface area contributed by atoms with Crippen LogP contribution in [0.3, 0.4) is 0 Å². The second-order valence-corrected chi connectivity index (χ2v) is 53.4. The Bertz CT molecular complexity index is 9210. The number of nitrogens with zero attached hydrogens (tertiary/aromatic N) is 9. The van der Waals surface area contributed by atoms with Gasteiger partial charge in [0.25, 0.3) is 0 Å². The third kappa shape index (κ3) is 14.0. The number of para-hydroxylation sites is 12. The van der Waals surface area contributed by atoms with Crippen molar-refractivity contribution in [1.82, 2.24) is 14.0 Å². The molecule has 15 heteroatoms. The molecular formula is C130H109N9O2SSi3. The molecule has 0 amide bonds. The summed E-state index contributed by atoms with van der Waals surface area (Å²) in [7, 11) is -7.57. The number of fused-ring (bicyclic) bond motifs is 21. The molecule has 7 aliphatic heterocycles. The summed E-state index contributed by atoms with van der Waals surface area (Å²) in [5, 5.41) is 9.64. The Morgan fingerprint density at radius 2 is 0.800 bits per heavy atom.